The van der Waals surface area contributed by atoms with E-state index in [1.807, 2.05) is 0 Å². The van der Waals surface area contributed by atoms with Crippen molar-refractivity contribution >= 4 is 46.4 Å². The summed E-state index contributed by atoms with van der Waals surface area (Å²) in [4.78, 5) is 47.9. The molecule has 10 nitrogen and oxygen atoms in total. The molecule has 0 saturated carbocycles. The number of rotatable bonds is 3. The summed E-state index contributed by atoms with van der Waals surface area (Å²) < 4.78 is 0. The Labute approximate surface area is 159 Å². The summed E-state index contributed by atoms with van der Waals surface area (Å²) in [6.07, 6.45) is -0.168. The lowest BCUT2D eigenvalue weighted by atomic mass is 10.00. The van der Waals surface area contributed by atoms with Gasteiger partial charge >= 0.3 is 0 Å². The monoisotopic (exact) mass is 391 g/mol. The van der Waals surface area contributed by atoms with Gasteiger partial charge in [-0.05, 0) is 38.6 Å². The predicted octanol–water partition coefficient (Wildman–Crippen LogP) is 0.853. The average molecular weight is 391 g/mol. The molecule has 1 aromatic rings. The van der Waals surface area contributed by atoms with Crippen LogP contribution in [0.1, 0.15) is 25.8 Å². The zero-order chi connectivity index (χ0) is 20.1. The lowest BCUT2D eigenvalue weighted by Gasteiger charge is -2.45. The Morgan fingerprint density at radius 3 is 2.70 bits per heavy atom. The van der Waals surface area contributed by atoms with Crippen molar-refractivity contribution in [2.75, 3.05) is 5.32 Å². The fourth-order valence-electron chi connectivity index (χ4n) is 3.13. The molecule has 2 aliphatic heterocycles. The maximum Gasteiger partial charge on any atom is 0.271 e. The Morgan fingerprint density at radius 2 is 2.07 bits per heavy atom. The largest absolute Gasteiger partial charge is 0.324 e. The second-order valence-electron chi connectivity index (χ2n) is 6.83. The van der Waals surface area contributed by atoms with Gasteiger partial charge in [-0.25, -0.2) is 5.01 Å². The number of nitro groups is 1. The van der Waals surface area contributed by atoms with Crippen LogP contribution in [0, 0.1) is 17.0 Å². The van der Waals surface area contributed by atoms with E-state index in [9.17, 15) is 24.5 Å². The van der Waals surface area contributed by atoms with Gasteiger partial charge in [-0.3, -0.25) is 29.8 Å². The van der Waals surface area contributed by atoms with Gasteiger partial charge in [-0.15, -0.1) is 0 Å². The maximum absolute atomic E-state index is 12.9. The Kier molecular flexibility index (Phi) is 4.44. The fraction of sp³-hybridized carbons (Fsp3) is 0.375. The number of hydrazine groups is 1. The highest BCUT2D eigenvalue weighted by Gasteiger charge is 2.56. The van der Waals surface area contributed by atoms with Crippen molar-refractivity contribution in [1.82, 2.24) is 15.3 Å². The first kappa shape index (κ1) is 18.9. The molecule has 0 unspecified atom stereocenters. The third kappa shape index (κ3) is 3.04. The number of benzene rings is 1. The number of non-ortho nitro benzene ring substituents is 1. The lowest BCUT2D eigenvalue weighted by molar-refractivity contribution is -0.384. The number of nitrogens with one attached hydrogen (secondary N) is 2. The average Bonchev–Trinajstić information content (AvgIpc) is 2.94. The van der Waals surface area contributed by atoms with Crippen molar-refractivity contribution in [2.24, 2.45) is 0 Å². The Balaban J connectivity index is 1.92. The van der Waals surface area contributed by atoms with Crippen molar-refractivity contribution in [3.63, 3.8) is 0 Å². The van der Waals surface area contributed by atoms with Crippen LogP contribution in [0.15, 0.2) is 18.2 Å². The molecule has 0 aromatic heterocycles. The molecule has 11 heteroatoms. The minimum absolute atomic E-state index is 0.0776. The first-order valence-corrected chi connectivity index (χ1v) is 8.48. The van der Waals surface area contributed by atoms with E-state index in [-0.39, 0.29) is 22.9 Å². The molecule has 2 fully saturated rings. The van der Waals surface area contributed by atoms with Gasteiger partial charge in [0, 0.05) is 12.1 Å². The van der Waals surface area contributed by atoms with Gasteiger partial charge in [0.05, 0.1) is 17.0 Å². The van der Waals surface area contributed by atoms with E-state index in [0.29, 0.717) is 5.56 Å². The number of aryl methyl sites for hydroxylation is 1. The zero-order valence-electron chi connectivity index (χ0n) is 14.8. The van der Waals surface area contributed by atoms with E-state index in [4.69, 9.17) is 12.2 Å². The van der Waals surface area contributed by atoms with Gasteiger partial charge in [-0.2, -0.15) is 5.01 Å². The van der Waals surface area contributed by atoms with Crippen LogP contribution >= 0.6 is 12.2 Å². The highest BCUT2D eigenvalue weighted by atomic mass is 32.1. The summed E-state index contributed by atoms with van der Waals surface area (Å²) in [5.74, 6) is -1.40. The first-order valence-electron chi connectivity index (χ1n) is 8.07. The van der Waals surface area contributed by atoms with E-state index in [0.717, 1.165) is 5.01 Å². The van der Waals surface area contributed by atoms with Crippen molar-refractivity contribution in [3.8, 4) is 0 Å². The number of nitro benzene ring substituents is 1. The van der Waals surface area contributed by atoms with Crippen LogP contribution in [0.2, 0.25) is 0 Å². The highest BCUT2D eigenvalue weighted by Crippen LogP contribution is 2.33. The van der Waals surface area contributed by atoms with E-state index in [1.54, 1.807) is 20.8 Å². The van der Waals surface area contributed by atoms with E-state index >= 15 is 0 Å². The molecule has 27 heavy (non-hydrogen) atoms. The van der Waals surface area contributed by atoms with Crippen LogP contribution in [0.3, 0.4) is 0 Å². The minimum atomic E-state index is -1.19. The summed E-state index contributed by atoms with van der Waals surface area (Å²) in [5.41, 5.74) is -0.462. The Hall–Kier alpha value is -2.92. The van der Waals surface area contributed by atoms with Gasteiger partial charge in [-0.1, -0.05) is 6.07 Å². The number of amides is 3. The van der Waals surface area contributed by atoms with Crippen LogP contribution in [0.5, 0.6) is 0 Å². The molecule has 2 aliphatic rings. The standard InChI is InChI=1S/C16H17N5O5S/c1-8-4-5-9(21(25)26)6-10(8)17-13(23)11-7-12(22)19-15(27)18-14(24)16(2,3)20(11)19/h4-6,11H,7H2,1-3H3,(H,17,23)(H,18,24,27)/t11-/m0/s1. The Morgan fingerprint density at radius 1 is 1.41 bits per heavy atom. The topological polar surface area (TPSA) is 125 Å². The molecule has 3 amide bonds. The third-order valence-electron chi connectivity index (χ3n) is 4.65. The normalized spacial score (nSPS) is 21.7. The smallest absolute Gasteiger partial charge is 0.271 e. The zero-order valence-corrected chi connectivity index (χ0v) is 15.6. The maximum atomic E-state index is 12.9. The van der Waals surface area contributed by atoms with Crippen molar-refractivity contribution in [1.29, 1.82) is 0 Å². The lowest BCUT2D eigenvalue weighted by Crippen LogP contribution is -2.71. The number of hydrogen-bond donors (Lipinski definition) is 2. The van der Waals surface area contributed by atoms with Crippen LogP contribution in [0.4, 0.5) is 11.4 Å². The second kappa shape index (κ2) is 6.35. The van der Waals surface area contributed by atoms with Gasteiger partial charge in [0.2, 0.25) is 17.7 Å². The molecule has 2 N–H and O–H groups in total. The van der Waals surface area contributed by atoms with E-state index in [1.165, 1.54) is 23.2 Å². The first-order chi connectivity index (χ1) is 12.5. The summed E-state index contributed by atoms with van der Waals surface area (Å²) in [6.45, 7) is 4.85. The molecular formula is C16H17N5O5S. The predicted molar refractivity (Wildman–Crippen MR) is 98.4 cm³/mol. The van der Waals surface area contributed by atoms with E-state index in [2.05, 4.69) is 10.6 Å². The number of nitrogens with zero attached hydrogens (tertiary/aromatic N) is 3. The molecule has 0 radical (unpaired) electrons. The van der Waals surface area contributed by atoms with Crippen molar-refractivity contribution in [2.45, 2.75) is 38.8 Å². The number of anilines is 1. The molecule has 142 valence electrons. The summed E-state index contributed by atoms with van der Waals surface area (Å²) in [6, 6.07) is 3.13. The van der Waals surface area contributed by atoms with Crippen molar-refractivity contribution < 1.29 is 19.3 Å². The van der Waals surface area contributed by atoms with Gasteiger partial charge in [0.1, 0.15) is 11.6 Å². The molecular weight excluding hydrogens is 374 g/mol. The summed E-state index contributed by atoms with van der Waals surface area (Å²) >= 11 is 5.06. The van der Waals surface area contributed by atoms with Gasteiger partial charge in [0.25, 0.3) is 5.69 Å². The molecule has 1 aromatic carbocycles. The summed E-state index contributed by atoms with van der Waals surface area (Å²) in [5, 5.41) is 18.5. The molecule has 2 saturated heterocycles. The quantitative estimate of drug-likeness (QED) is 0.445. The summed E-state index contributed by atoms with van der Waals surface area (Å²) in [7, 11) is 0. The molecule has 0 aliphatic carbocycles. The van der Waals surface area contributed by atoms with Crippen LogP contribution < -0.4 is 10.6 Å². The third-order valence-corrected chi connectivity index (χ3v) is 4.92. The molecule has 3 rings (SSSR count). The molecule has 2 heterocycles. The minimum Gasteiger partial charge on any atom is -0.324 e. The fourth-order valence-corrected chi connectivity index (χ4v) is 3.42. The van der Waals surface area contributed by atoms with Crippen molar-refractivity contribution in [3.05, 3.63) is 33.9 Å². The number of carbonyl (C=O) groups excluding carboxylic acids is 3. The highest BCUT2D eigenvalue weighted by molar-refractivity contribution is 7.80. The molecule has 0 spiro atoms. The number of fused-ring (bicyclic) bond motifs is 1. The number of carbonyl (C=O) groups is 3. The van der Waals surface area contributed by atoms with Gasteiger partial charge in [0.15, 0.2) is 5.11 Å². The van der Waals surface area contributed by atoms with Crippen LogP contribution in [-0.4, -0.2) is 49.4 Å². The van der Waals surface area contributed by atoms with Gasteiger partial charge < -0.3 is 5.32 Å². The van der Waals surface area contributed by atoms with Crippen LogP contribution in [-0.2, 0) is 14.4 Å². The van der Waals surface area contributed by atoms with Crippen LogP contribution in [0.25, 0.3) is 0 Å². The number of hydrogen-bond acceptors (Lipinski definition) is 7. The SMILES string of the molecule is Cc1ccc([N+](=O)[O-])cc1NC(=O)[C@@H]1CC(=O)N2C(=S)NC(=O)C(C)(C)N12. The second-order valence-corrected chi connectivity index (χ2v) is 7.22. The molecule has 1 atom stereocenters. The Bertz CT molecular complexity index is 899. The number of thiocarbonyl (C=S) groups is 1. The molecule has 0 bridgehead atoms. The van der Waals surface area contributed by atoms with E-state index < -0.39 is 34.2 Å².